The summed E-state index contributed by atoms with van der Waals surface area (Å²) in [6.45, 7) is 2.61. The third kappa shape index (κ3) is 3.32. The van der Waals surface area contributed by atoms with Gasteiger partial charge in [0.2, 0.25) is 0 Å². The Bertz CT molecular complexity index is 884. The Morgan fingerprint density at radius 2 is 2.04 bits per heavy atom. The Morgan fingerprint density at radius 1 is 1.28 bits per heavy atom. The molecule has 1 aromatic heterocycles. The maximum absolute atomic E-state index is 12.4. The van der Waals surface area contributed by atoms with Gasteiger partial charge in [-0.05, 0) is 30.3 Å². The predicted molar refractivity (Wildman–Crippen MR) is 96.9 cm³/mol. The zero-order valence-corrected chi connectivity index (χ0v) is 14.8. The molecule has 0 unspecified atom stereocenters. The monoisotopic (exact) mass is 358 g/mol. The van der Waals surface area contributed by atoms with Crippen LogP contribution in [0.3, 0.4) is 0 Å². The number of amides is 2. The number of esters is 1. The van der Waals surface area contributed by atoms with Crippen LogP contribution < -0.4 is 0 Å². The summed E-state index contributed by atoms with van der Waals surface area (Å²) in [6.07, 6.45) is 4.70. The summed E-state index contributed by atoms with van der Waals surface area (Å²) in [4.78, 5) is 37.1. The third-order valence-electron chi connectivity index (χ3n) is 3.96. The van der Waals surface area contributed by atoms with Crippen LogP contribution in [0.25, 0.3) is 17.0 Å². The highest BCUT2D eigenvalue weighted by Gasteiger charge is 2.36. The lowest BCUT2D eigenvalue weighted by atomic mass is 10.1. The van der Waals surface area contributed by atoms with Gasteiger partial charge in [0.25, 0.3) is 11.1 Å². The van der Waals surface area contributed by atoms with Gasteiger partial charge in [-0.15, -0.1) is 0 Å². The van der Waals surface area contributed by atoms with Crippen molar-refractivity contribution in [3.63, 3.8) is 0 Å². The number of hydrogen-bond acceptors (Lipinski definition) is 5. The van der Waals surface area contributed by atoms with Crippen molar-refractivity contribution in [3.05, 3.63) is 40.9 Å². The molecule has 0 saturated carbocycles. The number of carbonyl (C=O) groups excluding carboxylic acids is 3. The van der Waals surface area contributed by atoms with E-state index < -0.39 is 17.1 Å². The predicted octanol–water partition coefficient (Wildman–Crippen LogP) is 3.26. The van der Waals surface area contributed by atoms with Gasteiger partial charge in [-0.3, -0.25) is 19.3 Å². The molecule has 0 aliphatic carbocycles. The number of methoxy groups -OCH3 is 1. The number of rotatable bonds is 5. The van der Waals surface area contributed by atoms with Crippen molar-refractivity contribution in [3.8, 4) is 0 Å². The zero-order valence-electron chi connectivity index (χ0n) is 14.0. The average molecular weight is 358 g/mol. The highest BCUT2D eigenvalue weighted by Crippen LogP contribution is 2.34. The first-order chi connectivity index (χ1) is 12.0. The maximum atomic E-state index is 12.4. The molecule has 25 heavy (non-hydrogen) atoms. The Labute approximate surface area is 149 Å². The quantitative estimate of drug-likeness (QED) is 0.606. The molecule has 7 heteroatoms. The highest BCUT2D eigenvalue weighted by atomic mass is 32.2. The van der Waals surface area contributed by atoms with Crippen molar-refractivity contribution in [2.75, 3.05) is 13.7 Å². The van der Waals surface area contributed by atoms with Crippen molar-refractivity contribution in [1.82, 2.24) is 9.47 Å². The molecule has 1 aromatic carbocycles. The van der Waals surface area contributed by atoms with E-state index in [9.17, 15) is 14.4 Å². The maximum Gasteiger partial charge on any atom is 0.325 e. The Kier molecular flexibility index (Phi) is 4.94. The number of ether oxygens (including phenoxy) is 1. The Balaban J connectivity index is 1.96. The summed E-state index contributed by atoms with van der Waals surface area (Å²) in [6, 6.07) is 7.94. The summed E-state index contributed by atoms with van der Waals surface area (Å²) in [7, 11) is 1.22. The minimum Gasteiger partial charge on any atom is -0.468 e. The Hall–Kier alpha value is -2.54. The molecule has 1 aliphatic heterocycles. The first kappa shape index (κ1) is 17.3. The highest BCUT2D eigenvalue weighted by molar-refractivity contribution is 8.18. The van der Waals surface area contributed by atoms with Crippen LogP contribution in [0.15, 0.2) is 35.4 Å². The molecule has 0 atom stereocenters. The second kappa shape index (κ2) is 7.14. The molecule has 1 aliphatic rings. The van der Waals surface area contributed by atoms with Crippen molar-refractivity contribution >= 4 is 45.9 Å². The summed E-state index contributed by atoms with van der Waals surface area (Å²) < 4.78 is 6.67. The van der Waals surface area contributed by atoms with Crippen LogP contribution in [0, 0.1) is 0 Å². The van der Waals surface area contributed by atoms with Crippen LogP contribution in [0.4, 0.5) is 4.79 Å². The normalized spacial score (nSPS) is 16.2. The summed E-state index contributed by atoms with van der Waals surface area (Å²) >= 11 is 0.842. The van der Waals surface area contributed by atoms with E-state index in [2.05, 4.69) is 16.2 Å². The number of benzene rings is 1. The first-order valence-electron chi connectivity index (χ1n) is 7.95. The lowest BCUT2D eigenvalue weighted by Gasteiger charge is -2.09. The van der Waals surface area contributed by atoms with Gasteiger partial charge in [-0.25, -0.2) is 0 Å². The topological polar surface area (TPSA) is 68.6 Å². The molecule has 1 fully saturated rings. The number of carbonyl (C=O) groups is 3. The van der Waals surface area contributed by atoms with Crippen LogP contribution in [0.1, 0.15) is 18.9 Å². The average Bonchev–Trinajstić information content (AvgIpc) is 3.08. The van der Waals surface area contributed by atoms with Gasteiger partial charge < -0.3 is 9.30 Å². The molecule has 6 nitrogen and oxygen atoms in total. The number of aryl methyl sites for hydroxylation is 1. The minimum absolute atomic E-state index is 0.313. The molecule has 0 N–H and O–H groups in total. The molecule has 0 bridgehead atoms. The smallest absolute Gasteiger partial charge is 0.325 e. The van der Waals surface area contributed by atoms with Crippen molar-refractivity contribution in [2.24, 2.45) is 0 Å². The molecule has 0 radical (unpaired) electrons. The van der Waals surface area contributed by atoms with Gasteiger partial charge in [0, 0.05) is 29.2 Å². The number of para-hydroxylation sites is 1. The van der Waals surface area contributed by atoms with Crippen LogP contribution >= 0.6 is 11.8 Å². The standard InChI is InChI=1S/C18H18N2O4S/c1-3-8-19-10-12(13-6-4-5-7-14(13)19)9-15-17(22)20(18(23)25-15)11-16(21)24-2/h4-7,9-10H,3,8,11H2,1-2H3/b15-9-. The van der Waals surface area contributed by atoms with E-state index in [0.717, 1.165) is 46.1 Å². The molecule has 2 aromatic rings. The van der Waals surface area contributed by atoms with Crippen LogP contribution in [0.2, 0.25) is 0 Å². The summed E-state index contributed by atoms with van der Waals surface area (Å²) in [5, 5.41) is 0.565. The lowest BCUT2D eigenvalue weighted by Crippen LogP contribution is -2.34. The molecule has 2 amide bonds. The van der Waals surface area contributed by atoms with Crippen molar-refractivity contribution in [1.29, 1.82) is 0 Å². The van der Waals surface area contributed by atoms with E-state index in [1.54, 1.807) is 6.08 Å². The van der Waals surface area contributed by atoms with Gasteiger partial charge in [0.15, 0.2) is 0 Å². The number of imide groups is 1. The summed E-state index contributed by atoms with van der Waals surface area (Å²) in [5.41, 5.74) is 1.97. The molecule has 130 valence electrons. The van der Waals surface area contributed by atoms with Crippen LogP contribution in [-0.2, 0) is 20.9 Å². The van der Waals surface area contributed by atoms with E-state index in [-0.39, 0.29) is 6.54 Å². The van der Waals surface area contributed by atoms with E-state index in [1.807, 2.05) is 30.5 Å². The Morgan fingerprint density at radius 3 is 2.76 bits per heavy atom. The molecule has 3 rings (SSSR count). The number of thioether (sulfide) groups is 1. The fraction of sp³-hybridized carbons (Fsp3) is 0.278. The minimum atomic E-state index is -0.622. The van der Waals surface area contributed by atoms with E-state index in [4.69, 9.17) is 0 Å². The van der Waals surface area contributed by atoms with Crippen molar-refractivity contribution < 1.29 is 19.1 Å². The number of aromatic nitrogens is 1. The molecule has 0 spiro atoms. The number of hydrogen-bond donors (Lipinski definition) is 0. The second-order valence-corrected chi connectivity index (χ2v) is 6.63. The third-order valence-corrected chi connectivity index (χ3v) is 4.87. The number of nitrogens with zero attached hydrogens (tertiary/aromatic N) is 2. The molecular formula is C18H18N2O4S. The van der Waals surface area contributed by atoms with E-state index >= 15 is 0 Å². The largest absolute Gasteiger partial charge is 0.468 e. The summed E-state index contributed by atoms with van der Waals surface area (Å²) in [5.74, 6) is -1.09. The van der Waals surface area contributed by atoms with Crippen molar-refractivity contribution in [2.45, 2.75) is 19.9 Å². The van der Waals surface area contributed by atoms with Gasteiger partial charge in [-0.1, -0.05) is 25.1 Å². The second-order valence-electron chi connectivity index (χ2n) is 5.64. The first-order valence-corrected chi connectivity index (χ1v) is 8.77. The SMILES string of the molecule is CCCn1cc(/C=C2\SC(=O)N(CC(=O)OC)C2=O)c2ccccc21. The number of fused-ring (bicyclic) bond motifs is 1. The molecule has 2 heterocycles. The van der Waals surface area contributed by atoms with Gasteiger partial charge in [0.1, 0.15) is 6.54 Å². The fourth-order valence-electron chi connectivity index (χ4n) is 2.79. The lowest BCUT2D eigenvalue weighted by molar-refractivity contribution is -0.143. The van der Waals surface area contributed by atoms with Crippen LogP contribution in [-0.4, -0.2) is 40.2 Å². The van der Waals surface area contributed by atoms with Gasteiger partial charge >= 0.3 is 5.97 Å². The van der Waals surface area contributed by atoms with Gasteiger partial charge in [0.05, 0.1) is 12.0 Å². The molecular weight excluding hydrogens is 340 g/mol. The van der Waals surface area contributed by atoms with Gasteiger partial charge in [-0.2, -0.15) is 0 Å². The fourth-order valence-corrected chi connectivity index (χ4v) is 3.62. The van der Waals surface area contributed by atoms with E-state index in [0.29, 0.717) is 4.91 Å². The molecule has 1 saturated heterocycles. The van der Waals surface area contributed by atoms with E-state index in [1.165, 1.54) is 7.11 Å². The zero-order chi connectivity index (χ0) is 18.0. The van der Waals surface area contributed by atoms with Crippen LogP contribution in [0.5, 0.6) is 0 Å².